The van der Waals surface area contributed by atoms with Crippen molar-refractivity contribution in [3.05, 3.63) is 22.8 Å². The second kappa shape index (κ2) is 6.70. The van der Waals surface area contributed by atoms with Crippen molar-refractivity contribution in [3.8, 4) is 0 Å². The van der Waals surface area contributed by atoms with E-state index in [1.54, 1.807) is 6.07 Å². The standard InChI is InChI=1S/C12H17ClN4O2/c13-10-4-9(5-11(16-10)17-14)12(18)15-6-8-2-1-3-19-7-8/h4-5,8H,1-3,6-7,14H2,(H,15,18)(H,16,17). The number of halogens is 1. The molecule has 2 rings (SSSR count). The summed E-state index contributed by atoms with van der Waals surface area (Å²) in [6, 6.07) is 3.06. The molecule has 0 bridgehead atoms. The Labute approximate surface area is 116 Å². The molecule has 2 heterocycles. The zero-order valence-electron chi connectivity index (χ0n) is 10.5. The highest BCUT2D eigenvalue weighted by Gasteiger charge is 2.16. The molecule has 1 aromatic rings. The Kier molecular flexibility index (Phi) is 4.95. The summed E-state index contributed by atoms with van der Waals surface area (Å²) in [6.45, 7) is 2.12. The molecule has 1 fully saturated rings. The van der Waals surface area contributed by atoms with Gasteiger partial charge in [0, 0.05) is 18.7 Å². The van der Waals surface area contributed by atoms with Gasteiger partial charge in [-0.3, -0.25) is 4.79 Å². The van der Waals surface area contributed by atoms with Crippen LogP contribution in [-0.4, -0.2) is 30.6 Å². The number of nitrogen functional groups attached to an aromatic ring is 1. The van der Waals surface area contributed by atoms with Crippen LogP contribution in [0.1, 0.15) is 23.2 Å². The zero-order chi connectivity index (χ0) is 13.7. The number of hydrazine groups is 1. The fourth-order valence-corrected chi connectivity index (χ4v) is 2.22. The molecule has 6 nitrogen and oxygen atoms in total. The maximum atomic E-state index is 12.0. The van der Waals surface area contributed by atoms with Gasteiger partial charge in [0.05, 0.1) is 6.61 Å². The Morgan fingerprint density at radius 1 is 1.58 bits per heavy atom. The maximum absolute atomic E-state index is 12.0. The van der Waals surface area contributed by atoms with E-state index in [1.165, 1.54) is 6.07 Å². The molecule has 1 aliphatic heterocycles. The summed E-state index contributed by atoms with van der Waals surface area (Å²) in [5.41, 5.74) is 2.81. The fourth-order valence-electron chi connectivity index (χ4n) is 2.01. The second-order valence-electron chi connectivity index (χ2n) is 4.50. The minimum Gasteiger partial charge on any atom is -0.381 e. The van der Waals surface area contributed by atoms with Gasteiger partial charge in [-0.15, -0.1) is 0 Å². The first-order valence-corrected chi connectivity index (χ1v) is 6.57. The van der Waals surface area contributed by atoms with Crippen molar-refractivity contribution in [2.45, 2.75) is 12.8 Å². The molecule has 1 unspecified atom stereocenters. The van der Waals surface area contributed by atoms with Gasteiger partial charge in [-0.05, 0) is 30.9 Å². The first kappa shape index (κ1) is 14.0. The minimum absolute atomic E-state index is 0.189. The van der Waals surface area contributed by atoms with Gasteiger partial charge in [0.1, 0.15) is 11.0 Å². The molecule has 1 aromatic heterocycles. The molecule has 4 N–H and O–H groups in total. The predicted molar refractivity (Wildman–Crippen MR) is 72.9 cm³/mol. The smallest absolute Gasteiger partial charge is 0.251 e. The number of hydrogen-bond acceptors (Lipinski definition) is 5. The van der Waals surface area contributed by atoms with Gasteiger partial charge in [-0.1, -0.05) is 11.6 Å². The van der Waals surface area contributed by atoms with Gasteiger partial charge < -0.3 is 15.5 Å². The Bertz CT molecular complexity index is 449. The van der Waals surface area contributed by atoms with Crippen LogP contribution < -0.4 is 16.6 Å². The van der Waals surface area contributed by atoms with Crippen LogP contribution in [0.3, 0.4) is 0 Å². The van der Waals surface area contributed by atoms with Crippen molar-refractivity contribution in [3.63, 3.8) is 0 Å². The second-order valence-corrected chi connectivity index (χ2v) is 4.89. The van der Waals surface area contributed by atoms with E-state index in [0.29, 0.717) is 30.5 Å². The van der Waals surface area contributed by atoms with Crippen LogP contribution in [0, 0.1) is 5.92 Å². The highest BCUT2D eigenvalue weighted by atomic mass is 35.5. The number of nitrogens with one attached hydrogen (secondary N) is 2. The lowest BCUT2D eigenvalue weighted by Crippen LogP contribution is -2.33. The zero-order valence-corrected chi connectivity index (χ0v) is 11.2. The van der Waals surface area contributed by atoms with E-state index in [4.69, 9.17) is 22.2 Å². The lowest BCUT2D eigenvalue weighted by molar-refractivity contribution is 0.0536. The van der Waals surface area contributed by atoms with Gasteiger partial charge in [0.25, 0.3) is 5.91 Å². The first-order valence-electron chi connectivity index (χ1n) is 6.19. The molecule has 104 valence electrons. The van der Waals surface area contributed by atoms with Crippen molar-refractivity contribution in [2.24, 2.45) is 11.8 Å². The number of pyridine rings is 1. The Hall–Kier alpha value is -1.37. The molecule has 0 aliphatic carbocycles. The third-order valence-corrected chi connectivity index (χ3v) is 3.20. The summed E-state index contributed by atoms with van der Waals surface area (Å²) < 4.78 is 5.37. The Morgan fingerprint density at radius 3 is 3.11 bits per heavy atom. The number of amides is 1. The topological polar surface area (TPSA) is 89.3 Å². The summed E-state index contributed by atoms with van der Waals surface area (Å²) in [4.78, 5) is 15.9. The lowest BCUT2D eigenvalue weighted by atomic mass is 10.0. The number of carbonyl (C=O) groups excluding carboxylic acids is 1. The number of aromatic nitrogens is 1. The van der Waals surface area contributed by atoms with E-state index < -0.39 is 0 Å². The quantitative estimate of drug-likeness (QED) is 0.439. The number of hydrogen-bond donors (Lipinski definition) is 3. The molecule has 1 aliphatic rings. The van der Waals surface area contributed by atoms with Gasteiger partial charge in [0.15, 0.2) is 0 Å². The molecular weight excluding hydrogens is 268 g/mol. The van der Waals surface area contributed by atoms with Crippen LogP contribution >= 0.6 is 11.6 Å². The van der Waals surface area contributed by atoms with Crippen LogP contribution in [0.4, 0.5) is 5.82 Å². The molecule has 1 atom stereocenters. The number of carbonyl (C=O) groups is 1. The molecule has 0 spiro atoms. The van der Waals surface area contributed by atoms with Gasteiger partial charge in [0.2, 0.25) is 0 Å². The SMILES string of the molecule is NNc1cc(C(=O)NCC2CCCOC2)cc(Cl)n1. The van der Waals surface area contributed by atoms with Crippen molar-refractivity contribution >= 4 is 23.3 Å². The monoisotopic (exact) mass is 284 g/mol. The number of ether oxygens (including phenoxy) is 1. The third-order valence-electron chi connectivity index (χ3n) is 3.01. The average molecular weight is 285 g/mol. The van der Waals surface area contributed by atoms with Gasteiger partial charge in [-0.25, -0.2) is 10.8 Å². The average Bonchev–Trinajstić information content (AvgIpc) is 2.45. The van der Waals surface area contributed by atoms with E-state index in [1.807, 2.05) is 0 Å². The van der Waals surface area contributed by atoms with Crippen LogP contribution in [0.5, 0.6) is 0 Å². The maximum Gasteiger partial charge on any atom is 0.251 e. The molecule has 0 aromatic carbocycles. The Balaban J connectivity index is 1.93. The van der Waals surface area contributed by atoms with E-state index in [9.17, 15) is 4.79 Å². The largest absolute Gasteiger partial charge is 0.381 e. The summed E-state index contributed by atoms with van der Waals surface area (Å²) in [7, 11) is 0. The Morgan fingerprint density at radius 2 is 2.42 bits per heavy atom. The molecule has 7 heteroatoms. The summed E-state index contributed by atoms with van der Waals surface area (Å²) >= 11 is 5.82. The third kappa shape index (κ3) is 4.05. The first-order chi connectivity index (χ1) is 9.19. The highest BCUT2D eigenvalue weighted by Crippen LogP contribution is 2.15. The molecule has 1 saturated heterocycles. The van der Waals surface area contributed by atoms with Gasteiger partial charge >= 0.3 is 0 Å². The van der Waals surface area contributed by atoms with E-state index in [2.05, 4.69) is 15.7 Å². The normalized spacial score (nSPS) is 18.9. The molecule has 0 radical (unpaired) electrons. The highest BCUT2D eigenvalue weighted by molar-refractivity contribution is 6.29. The van der Waals surface area contributed by atoms with E-state index >= 15 is 0 Å². The summed E-state index contributed by atoms with van der Waals surface area (Å²) in [5.74, 6) is 5.81. The van der Waals surface area contributed by atoms with Gasteiger partial charge in [-0.2, -0.15) is 0 Å². The van der Waals surface area contributed by atoms with Crippen molar-refractivity contribution in [2.75, 3.05) is 25.2 Å². The van der Waals surface area contributed by atoms with Crippen LogP contribution in [-0.2, 0) is 4.74 Å². The number of nitrogens with two attached hydrogens (primary N) is 1. The molecule has 1 amide bonds. The number of rotatable bonds is 4. The minimum atomic E-state index is -0.189. The van der Waals surface area contributed by atoms with Crippen LogP contribution in [0.15, 0.2) is 12.1 Å². The van der Waals surface area contributed by atoms with E-state index in [-0.39, 0.29) is 11.1 Å². The number of anilines is 1. The lowest BCUT2D eigenvalue weighted by Gasteiger charge is -2.22. The van der Waals surface area contributed by atoms with E-state index in [0.717, 1.165) is 19.4 Å². The fraction of sp³-hybridized carbons (Fsp3) is 0.500. The molecular formula is C12H17ClN4O2. The number of nitrogens with zero attached hydrogens (tertiary/aromatic N) is 1. The van der Waals surface area contributed by atoms with Crippen LogP contribution in [0.2, 0.25) is 5.15 Å². The predicted octanol–water partition coefficient (Wildman–Crippen LogP) is 1.18. The van der Waals surface area contributed by atoms with Crippen LogP contribution in [0.25, 0.3) is 0 Å². The molecule has 0 saturated carbocycles. The summed E-state index contributed by atoms with van der Waals surface area (Å²) in [5, 5.41) is 3.10. The van der Waals surface area contributed by atoms with Crippen molar-refractivity contribution < 1.29 is 9.53 Å². The summed E-state index contributed by atoms with van der Waals surface area (Å²) in [6.07, 6.45) is 2.12. The molecule has 19 heavy (non-hydrogen) atoms. The van der Waals surface area contributed by atoms with Crippen molar-refractivity contribution in [1.82, 2.24) is 10.3 Å². The van der Waals surface area contributed by atoms with Crippen molar-refractivity contribution in [1.29, 1.82) is 0 Å².